The Bertz CT molecular complexity index is 248. The minimum atomic E-state index is -0.0523. The van der Waals surface area contributed by atoms with Crippen molar-refractivity contribution in [1.82, 2.24) is 0 Å². The molecular formula is C13H23IO2. The van der Waals surface area contributed by atoms with E-state index in [1.807, 2.05) is 0 Å². The van der Waals surface area contributed by atoms with Crippen molar-refractivity contribution in [2.75, 3.05) is 11.0 Å². The predicted octanol–water partition coefficient (Wildman–Crippen LogP) is 3.94. The molecule has 0 fully saturated rings. The van der Waals surface area contributed by atoms with E-state index in [1.54, 1.807) is 0 Å². The summed E-state index contributed by atoms with van der Waals surface area (Å²) in [6, 6.07) is 0. The summed E-state index contributed by atoms with van der Waals surface area (Å²) in [6.45, 7) is 9.64. The van der Waals surface area contributed by atoms with Gasteiger partial charge in [-0.05, 0) is 25.2 Å². The summed E-state index contributed by atoms with van der Waals surface area (Å²) in [5.74, 6) is 0. The van der Waals surface area contributed by atoms with Gasteiger partial charge in [-0.25, -0.2) is 0 Å². The molecule has 0 radical (unpaired) electrons. The Morgan fingerprint density at radius 1 is 1.56 bits per heavy atom. The van der Waals surface area contributed by atoms with Gasteiger partial charge >= 0.3 is 0 Å². The van der Waals surface area contributed by atoms with E-state index in [2.05, 4.69) is 56.4 Å². The molecule has 0 aromatic heterocycles. The van der Waals surface area contributed by atoms with Crippen LogP contribution in [0.1, 0.15) is 40.5 Å². The Morgan fingerprint density at radius 3 is 2.69 bits per heavy atom. The monoisotopic (exact) mass is 338 g/mol. The molecule has 2 atom stereocenters. The van der Waals surface area contributed by atoms with Crippen LogP contribution >= 0.6 is 22.6 Å². The number of alkyl halides is 1. The quantitative estimate of drug-likeness (QED) is 0.316. The van der Waals surface area contributed by atoms with Gasteiger partial charge in [0.25, 0.3) is 0 Å². The van der Waals surface area contributed by atoms with Crippen LogP contribution in [0.3, 0.4) is 0 Å². The van der Waals surface area contributed by atoms with Gasteiger partial charge in [-0.3, -0.25) is 0 Å². The zero-order chi connectivity index (χ0) is 12.2. The molecule has 0 bridgehead atoms. The van der Waals surface area contributed by atoms with Gasteiger partial charge in [0.2, 0.25) is 0 Å². The molecule has 0 spiro atoms. The molecule has 0 aromatic rings. The lowest BCUT2D eigenvalue weighted by Gasteiger charge is -2.23. The molecule has 1 rings (SSSR count). The molecule has 1 aliphatic carbocycles. The summed E-state index contributed by atoms with van der Waals surface area (Å²) < 4.78 is 12.5. The minimum Gasteiger partial charge on any atom is -0.352 e. The highest BCUT2D eigenvalue weighted by molar-refractivity contribution is 14.1. The maximum atomic E-state index is 5.96. The van der Waals surface area contributed by atoms with Gasteiger partial charge < -0.3 is 9.47 Å². The number of rotatable bonds is 6. The van der Waals surface area contributed by atoms with Gasteiger partial charge in [-0.1, -0.05) is 55.0 Å². The first-order valence-corrected chi connectivity index (χ1v) is 7.54. The number of hydrogen-bond donors (Lipinski definition) is 0. The predicted molar refractivity (Wildman–Crippen MR) is 75.9 cm³/mol. The highest BCUT2D eigenvalue weighted by Crippen LogP contribution is 2.39. The van der Waals surface area contributed by atoms with Gasteiger partial charge in [-0.2, -0.15) is 0 Å². The number of halogens is 1. The third kappa shape index (κ3) is 4.00. The molecular weight excluding hydrogens is 315 g/mol. The van der Waals surface area contributed by atoms with Gasteiger partial charge in [-0.15, -0.1) is 0 Å². The van der Waals surface area contributed by atoms with Crippen LogP contribution in [0.4, 0.5) is 0 Å². The van der Waals surface area contributed by atoms with Crippen molar-refractivity contribution in [3.8, 4) is 0 Å². The Balaban J connectivity index is 2.43. The fraction of sp³-hybridized carbons (Fsp3) is 0.846. The van der Waals surface area contributed by atoms with Crippen molar-refractivity contribution < 1.29 is 9.47 Å². The molecule has 0 N–H and O–H groups in total. The molecule has 2 nitrogen and oxygen atoms in total. The molecule has 3 heteroatoms. The van der Waals surface area contributed by atoms with E-state index >= 15 is 0 Å². The SMILES string of the molecule is CCCOC(CI)OC1C=C(C)C(C)(C)C1. The van der Waals surface area contributed by atoms with E-state index in [9.17, 15) is 0 Å². The fourth-order valence-corrected chi connectivity index (χ4v) is 2.34. The van der Waals surface area contributed by atoms with E-state index in [4.69, 9.17) is 9.47 Å². The van der Waals surface area contributed by atoms with E-state index in [0.717, 1.165) is 23.9 Å². The Labute approximate surface area is 113 Å². The van der Waals surface area contributed by atoms with Crippen molar-refractivity contribution in [3.05, 3.63) is 11.6 Å². The van der Waals surface area contributed by atoms with Gasteiger partial charge in [0.1, 0.15) is 0 Å². The number of allylic oxidation sites excluding steroid dienone is 1. The van der Waals surface area contributed by atoms with Crippen LogP contribution in [-0.4, -0.2) is 23.4 Å². The maximum Gasteiger partial charge on any atom is 0.167 e. The second-order valence-electron chi connectivity index (χ2n) is 5.07. The molecule has 0 amide bonds. The summed E-state index contributed by atoms with van der Waals surface area (Å²) >= 11 is 2.32. The first-order chi connectivity index (χ1) is 7.49. The fourth-order valence-electron chi connectivity index (χ4n) is 1.88. The van der Waals surface area contributed by atoms with Gasteiger partial charge in [0, 0.05) is 6.61 Å². The second-order valence-corrected chi connectivity index (χ2v) is 5.95. The van der Waals surface area contributed by atoms with Crippen molar-refractivity contribution in [2.24, 2.45) is 5.41 Å². The summed E-state index contributed by atoms with van der Waals surface area (Å²) in [7, 11) is 0. The third-order valence-electron chi connectivity index (χ3n) is 3.18. The lowest BCUT2D eigenvalue weighted by molar-refractivity contribution is -0.146. The number of ether oxygens (including phenoxy) is 2. The van der Waals surface area contributed by atoms with Crippen molar-refractivity contribution in [1.29, 1.82) is 0 Å². The first-order valence-electron chi connectivity index (χ1n) is 6.01. The van der Waals surface area contributed by atoms with Crippen LogP contribution in [0.2, 0.25) is 0 Å². The topological polar surface area (TPSA) is 18.5 Å². The highest BCUT2D eigenvalue weighted by atomic mass is 127. The van der Waals surface area contributed by atoms with E-state index in [0.29, 0.717) is 0 Å². The first kappa shape index (κ1) is 14.5. The molecule has 16 heavy (non-hydrogen) atoms. The highest BCUT2D eigenvalue weighted by Gasteiger charge is 2.32. The van der Waals surface area contributed by atoms with Crippen LogP contribution in [-0.2, 0) is 9.47 Å². The maximum absolute atomic E-state index is 5.96. The van der Waals surface area contributed by atoms with Crippen LogP contribution < -0.4 is 0 Å². The zero-order valence-electron chi connectivity index (χ0n) is 10.8. The van der Waals surface area contributed by atoms with E-state index in [1.165, 1.54) is 5.57 Å². The summed E-state index contributed by atoms with van der Waals surface area (Å²) in [5.41, 5.74) is 1.71. The lowest BCUT2D eigenvalue weighted by Crippen LogP contribution is -2.25. The third-order valence-corrected chi connectivity index (χ3v) is 3.89. The second kappa shape index (κ2) is 6.36. The molecule has 1 aliphatic rings. The summed E-state index contributed by atoms with van der Waals surface area (Å²) in [5, 5.41) is 0. The molecule has 2 unspecified atom stereocenters. The Kier molecular flexibility index (Phi) is 5.74. The standard InChI is InChI=1S/C13H23IO2/c1-5-6-15-12(9-14)16-11-7-10(2)13(3,4)8-11/h7,11-12H,5-6,8-9H2,1-4H3. The molecule has 0 saturated heterocycles. The average Bonchev–Trinajstić information content (AvgIpc) is 2.47. The van der Waals surface area contributed by atoms with E-state index < -0.39 is 0 Å². The van der Waals surface area contributed by atoms with Crippen LogP contribution in [0.5, 0.6) is 0 Å². The molecule has 0 aliphatic heterocycles. The molecule has 0 saturated carbocycles. The Morgan fingerprint density at radius 2 is 2.25 bits per heavy atom. The molecule has 0 aromatic carbocycles. The number of hydrogen-bond acceptors (Lipinski definition) is 2. The van der Waals surface area contributed by atoms with Crippen molar-refractivity contribution >= 4 is 22.6 Å². The van der Waals surface area contributed by atoms with Crippen molar-refractivity contribution in [3.63, 3.8) is 0 Å². The summed E-state index contributed by atoms with van der Waals surface area (Å²) in [6.07, 6.45) is 4.53. The smallest absolute Gasteiger partial charge is 0.167 e. The van der Waals surface area contributed by atoms with Gasteiger partial charge in [0.05, 0.1) is 10.5 Å². The minimum absolute atomic E-state index is 0.0523. The average molecular weight is 338 g/mol. The normalized spacial score (nSPS) is 25.6. The molecule has 94 valence electrons. The summed E-state index contributed by atoms with van der Waals surface area (Å²) in [4.78, 5) is 0. The van der Waals surface area contributed by atoms with Crippen LogP contribution in [0, 0.1) is 5.41 Å². The van der Waals surface area contributed by atoms with Crippen LogP contribution in [0.25, 0.3) is 0 Å². The zero-order valence-corrected chi connectivity index (χ0v) is 12.9. The van der Waals surface area contributed by atoms with E-state index in [-0.39, 0.29) is 17.8 Å². The lowest BCUT2D eigenvalue weighted by atomic mass is 9.87. The largest absolute Gasteiger partial charge is 0.352 e. The molecule has 0 heterocycles. The van der Waals surface area contributed by atoms with Crippen molar-refractivity contribution in [2.45, 2.75) is 52.9 Å². The Hall–Kier alpha value is 0.390. The van der Waals surface area contributed by atoms with Crippen LogP contribution in [0.15, 0.2) is 11.6 Å². The van der Waals surface area contributed by atoms with Gasteiger partial charge in [0.15, 0.2) is 6.29 Å².